The van der Waals surface area contributed by atoms with Crippen LogP contribution in [-0.2, 0) is 0 Å². The van der Waals surface area contributed by atoms with Gasteiger partial charge in [0.25, 0.3) is 5.92 Å². The van der Waals surface area contributed by atoms with E-state index in [0.717, 1.165) is 12.8 Å². The lowest BCUT2D eigenvalue weighted by Crippen LogP contribution is -2.62. The summed E-state index contributed by atoms with van der Waals surface area (Å²) in [6.07, 6.45) is 7.57. The molecule has 2 bridgehead atoms. The van der Waals surface area contributed by atoms with Gasteiger partial charge >= 0.3 is 6.01 Å². The Bertz CT molecular complexity index is 2000. The quantitative estimate of drug-likeness (QED) is 0.248. The molecule has 4 fully saturated rings. The van der Waals surface area contributed by atoms with Crippen molar-refractivity contribution in [2.24, 2.45) is 0 Å². The van der Waals surface area contributed by atoms with Gasteiger partial charge in [0.1, 0.15) is 40.9 Å². The summed E-state index contributed by atoms with van der Waals surface area (Å²) < 4.78 is 73.3. The van der Waals surface area contributed by atoms with Crippen LogP contribution in [0.25, 0.3) is 32.9 Å². The maximum absolute atomic E-state index is 17.0. The first kappa shape index (κ1) is 28.0. The zero-order chi connectivity index (χ0) is 31.5. The molecule has 0 amide bonds. The molecule has 4 aromatic rings. The van der Waals surface area contributed by atoms with Crippen molar-refractivity contribution < 1.29 is 27.0 Å². The lowest BCUT2D eigenvalue weighted by molar-refractivity contribution is -0.0132. The highest BCUT2D eigenvalue weighted by Gasteiger charge is 2.60. The normalized spacial score (nSPS) is 29.1. The number of alkyl halides is 2. The number of piperazine rings is 1. The molecule has 8 nitrogen and oxygen atoms in total. The van der Waals surface area contributed by atoms with Gasteiger partial charge in [-0.15, -0.1) is 6.42 Å². The Labute approximate surface area is 262 Å². The average molecular weight is 631 g/mol. The zero-order valence-corrected chi connectivity index (χ0v) is 25.0. The van der Waals surface area contributed by atoms with Crippen LogP contribution in [0.3, 0.4) is 0 Å². The Morgan fingerprint density at radius 2 is 2.00 bits per heavy atom. The highest BCUT2D eigenvalue weighted by molar-refractivity contribution is 6.03. The van der Waals surface area contributed by atoms with Crippen LogP contribution in [-0.4, -0.2) is 81.8 Å². The number of hydrogen-bond donors (Lipinski definition) is 1. The Kier molecular flexibility index (Phi) is 5.89. The summed E-state index contributed by atoms with van der Waals surface area (Å²) in [5.41, 5.74) is -0.695. The third-order valence-electron chi connectivity index (χ3n) is 10.6. The Morgan fingerprint density at radius 1 is 1.13 bits per heavy atom. The molecule has 5 aliphatic heterocycles. The fraction of sp³-hybridized carbons (Fsp3) is 0.441. The van der Waals surface area contributed by atoms with Crippen molar-refractivity contribution in [1.82, 2.24) is 25.2 Å². The molecular weight excluding hydrogens is 600 g/mol. The number of nitrogens with one attached hydrogen (secondary N) is 1. The molecule has 5 aliphatic rings. The molecule has 1 N–H and O–H groups in total. The maximum atomic E-state index is 17.0. The van der Waals surface area contributed by atoms with Crippen LogP contribution in [0, 0.1) is 24.0 Å². The summed E-state index contributed by atoms with van der Waals surface area (Å²) in [7, 11) is 0. The largest absolute Gasteiger partial charge is 0.472 e. The molecule has 2 aromatic heterocycles. The number of rotatable bonds is 4. The number of fused-ring (bicyclic) bond motifs is 7. The van der Waals surface area contributed by atoms with E-state index in [1.165, 1.54) is 6.07 Å². The number of benzene rings is 2. The highest BCUT2D eigenvalue weighted by atomic mass is 19.3. The van der Waals surface area contributed by atoms with E-state index in [-0.39, 0.29) is 72.5 Å². The molecule has 0 saturated carbocycles. The van der Waals surface area contributed by atoms with E-state index >= 15 is 4.39 Å². The lowest BCUT2D eigenvalue weighted by Gasteiger charge is -2.46. The summed E-state index contributed by atoms with van der Waals surface area (Å²) in [5, 5.41) is 4.95. The maximum Gasteiger partial charge on any atom is 0.319 e. The van der Waals surface area contributed by atoms with Crippen molar-refractivity contribution in [3.05, 3.63) is 47.5 Å². The first-order valence-corrected chi connectivity index (χ1v) is 15.7. The lowest BCUT2D eigenvalue weighted by atomic mass is 9.85. The third-order valence-corrected chi connectivity index (χ3v) is 10.6. The summed E-state index contributed by atoms with van der Waals surface area (Å²) in [4.78, 5) is 18.0. The van der Waals surface area contributed by atoms with Crippen molar-refractivity contribution in [2.75, 3.05) is 31.1 Å². The fourth-order valence-electron chi connectivity index (χ4n) is 8.49. The van der Waals surface area contributed by atoms with Gasteiger partial charge in [0.05, 0.1) is 23.7 Å². The van der Waals surface area contributed by atoms with Crippen LogP contribution in [0.2, 0.25) is 0 Å². The van der Waals surface area contributed by atoms with Crippen LogP contribution < -0.4 is 19.7 Å². The topological polar surface area (TPSA) is 75.6 Å². The van der Waals surface area contributed by atoms with Gasteiger partial charge < -0.3 is 19.7 Å². The van der Waals surface area contributed by atoms with E-state index in [2.05, 4.69) is 21.1 Å². The minimum atomic E-state index is -2.80. The number of anilines is 1. The van der Waals surface area contributed by atoms with E-state index in [1.54, 1.807) is 29.2 Å². The SMILES string of the molecule is C#Cc1c(F)ccc2cccc(-c3nc4c5c(nc(OCC67CCN6CC(F)(F)C7)nc5c3F)N3C[C@H]5CC[C@H](N5)[C@H]3[C@H](C)O4)c12. The number of aromatic nitrogens is 3. The van der Waals surface area contributed by atoms with Crippen LogP contribution in [0.5, 0.6) is 11.9 Å². The third kappa shape index (κ3) is 3.97. The van der Waals surface area contributed by atoms with Gasteiger partial charge in [-0.2, -0.15) is 9.97 Å². The van der Waals surface area contributed by atoms with Gasteiger partial charge in [-0.1, -0.05) is 30.2 Å². The number of pyridine rings is 1. The monoisotopic (exact) mass is 630 g/mol. The van der Waals surface area contributed by atoms with Gasteiger partial charge in [-0.3, -0.25) is 4.90 Å². The molecule has 7 heterocycles. The van der Waals surface area contributed by atoms with Crippen LogP contribution in [0.15, 0.2) is 30.3 Å². The predicted octanol–water partition coefficient (Wildman–Crippen LogP) is 5.06. The van der Waals surface area contributed by atoms with E-state index in [0.29, 0.717) is 47.1 Å². The zero-order valence-electron chi connectivity index (χ0n) is 25.0. The molecule has 5 atom stereocenters. The smallest absolute Gasteiger partial charge is 0.319 e. The molecule has 2 aromatic carbocycles. The fourth-order valence-corrected chi connectivity index (χ4v) is 8.49. The number of hydrogen-bond acceptors (Lipinski definition) is 8. The summed E-state index contributed by atoms with van der Waals surface area (Å²) in [5.74, 6) is -1.16. The number of ether oxygens (including phenoxy) is 2. The average Bonchev–Trinajstić information content (AvgIpc) is 3.45. The number of terminal acetylenes is 1. The minimum Gasteiger partial charge on any atom is -0.472 e. The molecule has 9 rings (SSSR count). The second-order valence-corrected chi connectivity index (χ2v) is 13.3. The highest BCUT2D eigenvalue weighted by Crippen LogP contribution is 2.49. The standard InChI is InChI=1S/C34H30F4N6O2/c1-3-20-22(35)9-7-18-5-4-6-21(24(18)20)27-26(36)28-25-30(42-32(41-28)45-16-33-11-12-43(33)15-34(37,38)14-33)44-13-19-8-10-23(39-19)29(44)17(2)46-31(25)40-27/h1,4-7,9,17,19,23,29,39H,8,10-16H2,2H3/t17-,19+,23-,29+,33?/m0/s1. The first-order chi connectivity index (χ1) is 22.1. The molecule has 0 aliphatic carbocycles. The molecule has 46 heavy (non-hydrogen) atoms. The Morgan fingerprint density at radius 3 is 2.78 bits per heavy atom. The van der Waals surface area contributed by atoms with Gasteiger partial charge in [0.2, 0.25) is 5.88 Å². The summed E-state index contributed by atoms with van der Waals surface area (Å²) in [6.45, 7) is 2.79. The van der Waals surface area contributed by atoms with Gasteiger partial charge in [-0.05, 0) is 37.6 Å². The minimum absolute atomic E-state index is 0.00106. The molecule has 4 saturated heterocycles. The van der Waals surface area contributed by atoms with Crippen molar-refractivity contribution in [2.45, 2.75) is 68.3 Å². The molecule has 236 valence electrons. The van der Waals surface area contributed by atoms with Gasteiger partial charge in [0, 0.05) is 42.5 Å². The van der Waals surface area contributed by atoms with Crippen molar-refractivity contribution in [1.29, 1.82) is 0 Å². The van der Waals surface area contributed by atoms with Crippen LogP contribution in [0.1, 0.15) is 38.2 Å². The molecule has 1 unspecified atom stereocenters. The molecule has 0 spiro atoms. The number of halogens is 4. The molecule has 12 heteroatoms. The van der Waals surface area contributed by atoms with E-state index < -0.39 is 23.1 Å². The van der Waals surface area contributed by atoms with E-state index in [9.17, 15) is 13.2 Å². The van der Waals surface area contributed by atoms with Crippen LogP contribution >= 0.6 is 0 Å². The van der Waals surface area contributed by atoms with Crippen molar-refractivity contribution >= 4 is 27.5 Å². The van der Waals surface area contributed by atoms with Gasteiger partial charge in [-0.25, -0.2) is 22.5 Å². The van der Waals surface area contributed by atoms with Crippen molar-refractivity contribution in [3.63, 3.8) is 0 Å². The van der Waals surface area contributed by atoms with E-state index in [4.69, 9.17) is 25.9 Å². The summed E-state index contributed by atoms with van der Waals surface area (Å²) in [6, 6.07) is 8.11. The Balaban J connectivity index is 1.25. The number of nitrogens with zero attached hydrogens (tertiary/aromatic N) is 5. The second-order valence-electron chi connectivity index (χ2n) is 13.3. The predicted molar refractivity (Wildman–Crippen MR) is 163 cm³/mol. The molecule has 0 radical (unpaired) electrons. The van der Waals surface area contributed by atoms with Gasteiger partial charge in [0.15, 0.2) is 5.82 Å². The van der Waals surface area contributed by atoms with Crippen LogP contribution in [0.4, 0.5) is 23.4 Å². The first-order valence-electron chi connectivity index (χ1n) is 15.7. The summed E-state index contributed by atoms with van der Waals surface area (Å²) >= 11 is 0. The molecular formula is C34H30F4N6O2. The Hall–Kier alpha value is -4.21. The van der Waals surface area contributed by atoms with E-state index in [1.807, 2.05) is 6.92 Å². The van der Waals surface area contributed by atoms with Crippen molar-refractivity contribution in [3.8, 4) is 35.5 Å². The second kappa shape index (κ2) is 9.65.